The van der Waals surface area contributed by atoms with Gasteiger partial charge < -0.3 is 20.1 Å². The number of hydrogen-bond acceptors (Lipinski definition) is 5. The van der Waals surface area contributed by atoms with E-state index in [0.29, 0.717) is 13.2 Å². The van der Waals surface area contributed by atoms with Gasteiger partial charge in [-0.15, -0.1) is 12.4 Å². The van der Waals surface area contributed by atoms with Crippen molar-refractivity contribution >= 4 is 24.3 Å². The Morgan fingerprint density at radius 1 is 1.50 bits per heavy atom. The van der Waals surface area contributed by atoms with E-state index in [2.05, 4.69) is 15.4 Å². The molecule has 0 aliphatic carbocycles. The number of ether oxygens (including phenoxy) is 2. The van der Waals surface area contributed by atoms with E-state index in [1.165, 1.54) is 7.11 Å². The molecular weight excluding hydrogens is 260 g/mol. The van der Waals surface area contributed by atoms with Crippen molar-refractivity contribution < 1.29 is 19.1 Å². The molecule has 1 heterocycles. The third-order valence-corrected chi connectivity index (χ3v) is 2.57. The van der Waals surface area contributed by atoms with Gasteiger partial charge in [0.1, 0.15) is 5.54 Å². The Morgan fingerprint density at radius 3 is 2.67 bits per heavy atom. The monoisotopic (exact) mass is 280 g/mol. The molecule has 0 spiro atoms. The quantitative estimate of drug-likeness (QED) is 0.701. The first-order valence-corrected chi connectivity index (χ1v) is 5.67. The van der Waals surface area contributed by atoms with Crippen LogP contribution in [0, 0.1) is 0 Å². The zero-order valence-corrected chi connectivity index (χ0v) is 11.8. The Kier molecular flexibility index (Phi) is 7.20. The summed E-state index contributed by atoms with van der Waals surface area (Å²) in [6.07, 6.45) is 0.116. The number of carbonyl (C=O) groups excluding carboxylic acids is 2. The van der Waals surface area contributed by atoms with Gasteiger partial charge in [0.05, 0.1) is 26.2 Å². The van der Waals surface area contributed by atoms with Crippen LogP contribution in [0.4, 0.5) is 0 Å². The van der Waals surface area contributed by atoms with Gasteiger partial charge in [-0.25, -0.2) is 4.79 Å². The predicted molar refractivity (Wildman–Crippen MR) is 68.7 cm³/mol. The van der Waals surface area contributed by atoms with Crippen LogP contribution in [-0.4, -0.2) is 50.3 Å². The van der Waals surface area contributed by atoms with Crippen LogP contribution >= 0.6 is 12.4 Å². The van der Waals surface area contributed by atoms with Gasteiger partial charge in [0.25, 0.3) is 0 Å². The Hall–Kier alpha value is -0.850. The van der Waals surface area contributed by atoms with Crippen LogP contribution < -0.4 is 10.6 Å². The van der Waals surface area contributed by atoms with Crippen molar-refractivity contribution in [2.45, 2.75) is 31.9 Å². The second-order valence-electron chi connectivity index (χ2n) is 4.57. The smallest absolute Gasteiger partial charge is 0.330 e. The summed E-state index contributed by atoms with van der Waals surface area (Å²) in [4.78, 5) is 23.1. The molecule has 1 rings (SSSR count). The number of amides is 1. The zero-order chi connectivity index (χ0) is 12.9. The van der Waals surface area contributed by atoms with E-state index >= 15 is 0 Å². The molecule has 1 saturated heterocycles. The maximum absolute atomic E-state index is 11.7. The van der Waals surface area contributed by atoms with Crippen molar-refractivity contribution in [3.63, 3.8) is 0 Å². The normalized spacial score (nSPS) is 19.6. The Labute approximate surface area is 113 Å². The Balaban J connectivity index is 0.00000289. The number of nitrogens with one attached hydrogen (secondary N) is 2. The van der Waals surface area contributed by atoms with Crippen LogP contribution in [0.3, 0.4) is 0 Å². The van der Waals surface area contributed by atoms with E-state index in [9.17, 15) is 9.59 Å². The van der Waals surface area contributed by atoms with Gasteiger partial charge in [0.15, 0.2) is 0 Å². The van der Waals surface area contributed by atoms with Gasteiger partial charge >= 0.3 is 5.97 Å². The van der Waals surface area contributed by atoms with Gasteiger partial charge in [-0.05, 0) is 13.8 Å². The SMILES string of the molecule is COC(=O)C(C)(C)NC(=O)CC1CNCCO1.Cl. The van der Waals surface area contributed by atoms with Crippen molar-refractivity contribution in [2.24, 2.45) is 0 Å². The number of halogens is 1. The van der Waals surface area contributed by atoms with Gasteiger partial charge in [0.2, 0.25) is 5.91 Å². The summed E-state index contributed by atoms with van der Waals surface area (Å²) in [6, 6.07) is 0. The number of morpholine rings is 1. The number of esters is 1. The van der Waals surface area contributed by atoms with Crippen molar-refractivity contribution in [3.8, 4) is 0 Å². The second-order valence-corrected chi connectivity index (χ2v) is 4.57. The number of methoxy groups -OCH3 is 1. The minimum atomic E-state index is -1.01. The van der Waals surface area contributed by atoms with Crippen LogP contribution in [0.15, 0.2) is 0 Å². The lowest BCUT2D eigenvalue weighted by molar-refractivity contribution is -0.149. The highest BCUT2D eigenvalue weighted by Crippen LogP contribution is 2.07. The molecule has 1 amide bonds. The van der Waals surface area contributed by atoms with E-state index in [1.54, 1.807) is 13.8 Å². The summed E-state index contributed by atoms with van der Waals surface area (Å²) in [5.74, 6) is -0.678. The van der Waals surface area contributed by atoms with Gasteiger partial charge in [0, 0.05) is 13.1 Å². The minimum absolute atomic E-state index is 0. The van der Waals surface area contributed by atoms with Crippen molar-refractivity contribution in [3.05, 3.63) is 0 Å². The standard InChI is InChI=1S/C11H20N2O4.ClH/c1-11(2,10(15)16-3)13-9(14)6-8-7-12-4-5-17-8;/h8,12H,4-7H2,1-3H3,(H,13,14);1H. The molecule has 1 aliphatic rings. The Bertz CT molecular complexity index is 291. The lowest BCUT2D eigenvalue weighted by Gasteiger charge is -2.26. The zero-order valence-electron chi connectivity index (χ0n) is 10.9. The molecule has 0 radical (unpaired) electrons. The van der Waals surface area contributed by atoms with Crippen LogP contribution in [-0.2, 0) is 19.1 Å². The molecule has 0 aromatic heterocycles. The van der Waals surface area contributed by atoms with E-state index in [0.717, 1.165) is 6.54 Å². The van der Waals surface area contributed by atoms with Crippen LogP contribution in [0.1, 0.15) is 20.3 Å². The molecule has 18 heavy (non-hydrogen) atoms. The fraction of sp³-hybridized carbons (Fsp3) is 0.818. The topological polar surface area (TPSA) is 76.7 Å². The highest BCUT2D eigenvalue weighted by Gasteiger charge is 2.31. The maximum Gasteiger partial charge on any atom is 0.330 e. The molecule has 1 atom stereocenters. The first kappa shape index (κ1) is 17.2. The molecule has 0 aromatic rings. The Morgan fingerprint density at radius 2 is 2.17 bits per heavy atom. The average Bonchev–Trinajstić information content (AvgIpc) is 2.28. The van der Waals surface area contributed by atoms with E-state index < -0.39 is 11.5 Å². The van der Waals surface area contributed by atoms with E-state index in [-0.39, 0.29) is 30.8 Å². The van der Waals surface area contributed by atoms with E-state index in [1.807, 2.05) is 0 Å². The molecule has 1 aliphatic heterocycles. The van der Waals surface area contributed by atoms with Crippen molar-refractivity contribution in [1.82, 2.24) is 10.6 Å². The molecule has 6 nitrogen and oxygen atoms in total. The second kappa shape index (κ2) is 7.56. The minimum Gasteiger partial charge on any atom is -0.467 e. The molecule has 0 bridgehead atoms. The lowest BCUT2D eigenvalue weighted by Crippen LogP contribution is -2.52. The third-order valence-electron chi connectivity index (χ3n) is 2.57. The first-order chi connectivity index (χ1) is 7.95. The third kappa shape index (κ3) is 5.20. The molecule has 2 N–H and O–H groups in total. The summed E-state index contributed by atoms with van der Waals surface area (Å²) in [6.45, 7) is 5.30. The van der Waals surface area contributed by atoms with Crippen molar-refractivity contribution in [2.75, 3.05) is 26.8 Å². The summed E-state index contributed by atoms with van der Waals surface area (Å²) < 4.78 is 10.0. The predicted octanol–water partition coefficient (Wildman–Crippen LogP) is -0.145. The van der Waals surface area contributed by atoms with Crippen LogP contribution in [0.5, 0.6) is 0 Å². The molecule has 0 saturated carbocycles. The summed E-state index contributed by atoms with van der Waals surface area (Å²) in [7, 11) is 1.30. The van der Waals surface area contributed by atoms with Gasteiger partial charge in [-0.2, -0.15) is 0 Å². The highest BCUT2D eigenvalue weighted by atomic mass is 35.5. The fourth-order valence-corrected chi connectivity index (χ4v) is 1.66. The van der Waals surface area contributed by atoms with Crippen LogP contribution in [0.25, 0.3) is 0 Å². The first-order valence-electron chi connectivity index (χ1n) is 5.67. The van der Waals surface area contributed by atoms with Crippen molar-refractivity contribution in [1.29, 1.82) is 0 Å². The molecular formula is C11H21ClN2O4. The van der Waals surface area contributed by atoms with Gasteiger partial charge in [-0.1, -0.05) is 0 Å². The van der Waals surface area contributed by atoms with E-state index in [4.69, 9.17) is 4.74 Å². The lowest BCUT2D eigenvalue weighted by atomic mass is 10.1. The summed E-state index contributed by atoms with van der Waals surface area (Å²) in [5, 5.41) is 5.77. The summed E-state index contributed by atoms with van der Waals surface area (Å²) >= 11 is 0. The fourth-order valence-electron chi connectivity index (χ4n) is 1.66. The average molecular weight is 281 g/mol. The molecule has 106 valence electrons. The van der Waals surface area contributed by atoms with Gasteiger partial charge in [-0.3, -0.25) is 4.79 Å². The number of rotatable bonds is 4. The molecule has 7 heteroatoms. The maximum atomic E-state index is 11.7. The largest absolute Gasteiger partial charge is 0.467 e. The number of carbonyl (C=O) groups is 2. The molecule has 0 aromatic carbocycles. The summed E-state index contributed by atoms with van der Waals surface area (Å²) in [5.41, 5.74) is -1.01. The highest BCUT2D eigenvalue weighted by molar-refractivity contribution is 5.87. The number of hydrogen-bond donors (Lipinski definition) is 2. The molecule has 1 fully saturated rings. The van der Waals surface area contributed by atoms with Crippen LogP contribution in [0.2, 0.25) is 0 Å². The molecule has 1 unspecified atom stereocenters.